The van der Waals surface area contributed by atoms with Crippen LogP contribution in [0.5, 0.6) is 5.88 Å². The summed E-state index contributed by atoms with van der Waals surface area (Å²) < 4.78 is 38.2. The molecular weight excluding hydrogens is 569 g/mol. The first-order chi connectivity index (χ1) is 19.6. The zero-order valence-corrected chi connectivity index (χ0v) is 24.3. The van der Waals surface area contributed by atoms with Crippen molar-refractivity contribution >= 4 is 55.0 Å². The minimum absolute atomic E-state index is 0.0333. The van der Waals surface area contributed by atoms with Crippen LogP contribution >= 0.6 is 22.9 Å². The Morgan fingerprint density at radius 1 is 1.27 bits per heavy atom. The number of aromatic nitrogens is 1. The van der Waals surface area contributed by atoms with E-state index < -0.39 is 17.5 Å². The van der Waals surface area contributed by atoms with E-state index in [-0.39, 0.29) is 21.4 Å². The molecule has 41 heavy (non-hydrogen) atoms. The highest BCUT2D eigenvalue weighted by Gasteiger charge is 2.29. The number of rotatable bonds is 5. The lowest BCUT2D eigenvalue weighted by Crippen LogP contribution is -2.27. The van der Waals surface area contributed by atoms with Gasteiger partial charge in [0.05, 0.1) is 40.1 Å². The number of hydrogen-bond donors (Lipinski definition) is 1. The summed E-state index contributed by atoms with van der Waals surface area (Å²) in [5.41, 5.74) is 2.83. The van der Waals surface area contributed by atoms with Gasteiger partial charge in [-0.3, -0.25) is 5.32 Å². The van der Waals surface area contributed by atoms with E-state index in [0.29, 0.717) is 52.8 Å². The summed E-state index contributed by atoms with van der Waals surface area (Å²) >= 11 is 8.07. The van der Waals surface area contributed by atoms with E-state index in [1.165, 1.54) is 6.07 Å². The number of hydrogen-bond acceptors (Lipinski definition) is 8. The van der Waals surface area contributed by atoms with Crippen molar-refractivity contribution in [2.45, 2.75) is 58.5 Å². The van der Waals surface area contributed by atoms with Crippen molar-refractivity contribution in [2.24, 2.45) is 0 Å². The molecule has 0 aliphatic carbocycles. The van der Waals surface area contributed by atoms with E-state index in [4.69, 9.17) is 35.5 Å². The molecule has 2 aromatic heterocycles. The average molecular weight is 596 g/mol. The van der Waals surface area contributed by atoms with Crippen LogP contribution in [-0.2, 0) is 27.4 Å². The van der Waals surface area contributed by atoms with Crippen LogP contribution < -0.4 is 10.1 Å². The number of nitrogens with zero attached hydrogens (tertiary/aromatic N) is 2. The van der Waals surface area contributed by atoms with E-state index >= 15 is 4.39 Å². The van der Waals surface area contributed by atoms with Crippen LogP contribution in [0.4, 0.5) is 14.2 Å². The van der Waals surface area contributed by atoms with Gasteiger partial charge in [-0.2, -0.15) is 5.26 Å². The standard InChI is InChI=1S/C30H27ClFN3O5S/c1-30(2,3)40-29(36)35-28-18(11-33)24-17(6-8-21(32)27(24)41-28)23-20-14-37-13-19(20)16-7-9-22(34-26(16)25(23)31)39-12-15-5-4-10-38-15/h6-9,15H,4-5,10,12-14H2,1-3H3,(H,35,36)/t15-/m1/s1. The minimum Gasteiger partial charge on any atom is -0.475 e. The summed E-state index contributed by atoms with van der Waals surface area (Å²) in [7, 11) is 0. The van der Waals surface area contributed by atoms with Crippen LogP contribution in [0.15, 0.2) is 24.3 Å². The number of pyridine rings is 1. The molecule has 1 atom stereocenters. The van der Waals surface area contributed by atoms with Crippen LogP contribution in [0.3, 0.4) is 0 Å². The molecular formula is C30H27ClFN3O5S. The third-order valence-corrected chi connectivity index (χ3v) is 8.49. The first kappa shape index (κ1) is 27.7. The maximum atomic E-state index is 15.2. The van der Waals surface area contributed by atoms with Gasteiger partial charge in [-0.15, -0.1) is 11.3 Å². The molecule has 2 aliphatic heterocycles. The largest absolute Gasteiger partial charge is 0.475 e. The Bertz CT molecular complexity index is 1740. The Hall–Kier alpha value is -3.49. The van der Waals surface area contributed by atoms with Crippen molar-refractivity contribution < 1.29 is 28.1 Å². The summed E-state index contributed by atoms with van der Waals surface area (Å²) in [4.78, 5) is 17.3. The fourth-order valence-corrected chi connectivity index (χ4v) is 6.71. The molecule has 8 nitrogen and oxygen atoms in total. The number of nitrogens with one attached hydrogen (secondary N) is 1. The molecule has 4 aromatic rings. The van der Waals surface area contributed by atoms with Crippen LogP contribution in [0.1, 0.15) is 50.3 Å². The molecule has 11 heteroatoms. The van der Waals surface area contributed by atoms with E-state index in [0.717, 1.165) is 47.3 Å². The predicted molar refractivity (Wildman–Crippen MR) is 155 cm³/mol. The van der Waals surface area contributed by atoms with E-state index in [1.807, 2.05) is 12.1 Å². The fraction of sp³-hybridized carbons (Fsp3) is 0.367. The second-order valence-electron chi connectivity index (χ2n) is 11.0. The molecule has 4 heterocycles. The van der Waals surface area contributed by atoms with E-state index in [9.17, 15) is 10.1 Å². The summed E-state index contributed by atoms with van der Waals surface area (Å²) in [6.07, 6.45) is 1.25. The molecule has 0 radical (unpaired) electrons. The number of ether oxygens (including phenoxy) is 4. The Morgan fingerprint density at radius 3 is 2.80 bits per heavy atom. The molecule has 0 saturated carbocycles. The summed E-state index contributed by atoms with van der Waals surface area (Å²) in [6.45, 7) is 6.98. The van der Waals surface area contributed by atoms with Crippen molar-refractivity contribution in [3.63, 3.8) is 0 Å². The lowest BCUT2D eigenvalue weighted by atomic mass is 9.91. The molecule has 0 spiro atoms. The molecule has 1 amide bonds. The first-order valence-electron chi connectivity index (χ1n) is 13.3. The minimum atomic E-state index is -0.747. The maximum Gasteiger partial charge on any atom is 0.412 e. The molecule has 1 N–H and O–H groups in total. The van der Waals surface area contributed by atoms with Crippen LogP contribution in [0, 0.1) is 17.1 Å². The number of fused-ring (bicyclic) bond motifs is 4. The van der Waals surface area contributed by atoms with Gasteiger partial charge in [-0.25, -0.2) is 14.2 Å². The van der Waals surface area contributed by atoms with Crippen molar-refractivity contribution in [1.29, 1.82) is 5.26 Å². The molecule has 0 bridgehead atoms. The van der Waals surface area contributed by atoms with Gasteiger partial charge in [-0.1, -0.05) is 17.7 Å². The van der Waals surface area contributed by atoms with Gasteiger partial charge in [0, 0.05) is 29.0 Å². The Kier molecular flexibility index (Phi) is 7.24. The summed E-state index contributed by atoms with van der Waals surface area (Å²) in [6, 6.07) is 8.82. The predicted octanol–water partition coefficient (Wildman–Crippen LogP) is 7.72. The number of carbonyl (C=O) groups is 1. The average Bonchev–Trinajstić information content (AvgIpc) is 3.68. The summed E-state index contributed by atoms with van der Waals surface area (Å²) in [5.74, 6) is -0.101. The topological polar surface area (TPSA) is 103 Å². The fourth-order valence-electron chi connectivity index (χ4n) is 5.28. The van der Waals surface area contributed by atoms with Crippen LogP contribution in [-0.4, -0.2) is 36.0 Å². The second-order valence-corrected chi connectivity index (χ2v) is 12.4. The highest BCUT2D eigenvalue weighted by Crippen LogP contribution is 2.48. The van der Waals surface area contributed by atoms with Crippen LogP contribution in [0.2, 0.25) is 5.02 Å². The van der Waals surface area contributed by atoms with Gasteiger partial charge in [0.25, 0.3) is 0 Å². The highest BCUT2D eigenvalue weighted by atomic mass is 35.5. The zero-order valence-electron chi connectivity index (χ0n) is 22.7. The number of benzene rings is 2. The van der Waals surface area contributed by atoms with Gasteiger partial charge in [0.2, 0.25) is 5.88 Å². The third kappa shape index (κ3) is 5.19. The molecule has 2 aromatic carbocycles. The second kappa shape index (κ2) is 10.7. The Morgan fingerprint density at radius 2 is 2.07 bits per heavy atom. The van der Waals surface area contributed by atoms with Gasteiger partial charge in [-0.05, 0) is 62.4 Å². The van der Waals surface area contributed by atoms with E-state index in [1.54, 1.807) is 26.8 Å². The zero-order chi connectivity index (χ0) is 28.9. The number of carbonyl (C=O) groups excluding carboxylic acids is 1. The monoisotopic (exact) mass is 595 g/mol. The van der Waals surface area contributed by atoms with Gasteiger partial charge < -0.3 is 18.9 Å². The van der Waals surface area contributed by atoms with Gasteiger partial charge >= 0.3 is 6.09 Å². The molecule has 1 fully saturated rings. The number of anilines is 1. The Balaban J connectivity index is 1.50. The molecule has 2 aliphatic rings. The molecule has 212 valence electrons. The number of amides is 1. The normalized spacial score (nSPS) is 16.6. The lowest BCUT2D eigenvalue weighted by molar-refractivity contribution is 0.0636. The van der Waals surface area contributed by atoms with Crippen molar-refractivity contribution in [1.82, 2.24) is 4.98 Å². The molecule has 0 unspecified atom stereocenters. The molecule has 6 rings (SSSR count). The van der Waals surface area contributed by atoms with Crippen molar-refractivity contribution in [2.75, 3.05) is 18.5 Å². The lowest BCUT2D eigenvalue weighted by Gasteiger charge is -2.19. The Labute approximate surface area is 244 Å². The van der Waals surface area contributed by atoms with Crippen molar-refractivity contribution in [3.05, 3.63) is 51.8 Å². The smallest absolute Gasteiger partial charge is 0.412 e. The molecule has 1 saturated heterocycles. The summed E-state index contributed by atoms with van der Waals surface area (Å²) in [5, 5.41) is 14.5. The van der Waals surface area contributed by atoms with E-state index in [2.05, 4.69) is 11.4 Å². The van der Waals surface area contributed by atoms with Gasteiger partial charge in [0.1, 0.15) is 29.1 Å². The number of nitriles is 1. The quantitative estimate of drug-likeness (QED) is 0.252. The number of halogens is 2. The highest BCUT2D eigenvalue weighted by molar-refractivity contribution is 7.23. The SMILES string of the molecule is CC(C)(C)OC(=O)Nc1sc2c(F)ccc(-c3c4c(c5ccc(OC[C@H]6CCCO6)nc5c3Cl)COC4)c2c1C#N. The maximum absolute atomic E-state index is 15.2. The number of thiophene rings is 1. The van der Waals surface area contributed by atoms with Crippen molar-refractivity contribution in [3.8, 4) is 23.1 Å². The van der Waals surface area contributed by atoms with Crippen LogP contribution in [0.25, 0.3) is 32.1 Å². The van der Waals surface area contributed by atoms with Gasteiger partial charge in [0.15, 0.2) is 0 Å². The first-order valence-corrected chi connectivity index (χ1v) is 14.5. The third-order valence-electron chi connectivity index (χ3n) is 7.01.